The summed E-state index contributed by atoms with van der Waals surface area (Å²) in [4.78, 5) is 19.9. The SMILES string of the molecule is COCCn1c(CN(C[C@H]2CCCO2)C(=O)c2cccs2)cnc1S(=O)(=O)Cc1ccccc1. The highest BCUT2D eigenvalue weighted by Gasteiger charge is 2.28. The summed E-state index contributed by atoms with van der Waals surface area (Å²) in [6, 6.07) is 12.7. The van der Waals surface area contributed by atoms with Gasteiger partial charge in [-0.3, -0.25) is 4.79 Å². The van der Waals surface area contributed by atoms with Crippen LogP contribution in [0, 0.1) is 0 Å². The predicted octanol–water partition coefficient (Wildman–Crippen LogP) is 3.39. The minimum absolute atomic E-state index is 0.0101. The van der Waals surface area contributed by atoms with Crippen molar-refractivity contribution in [1.82, 2.24) is 14.5 Å². The summed E-state index contributed by atoms with van der Waals surface area (Å²) in [7, 11) is -2.14. The number of amides is 1. The van der Waals surface area contributed by atoms with Crippen LogP contribution in [0.1, 0.15) is 33.8 Å². The predicted molar refractivity (Wildman–Crippen MR) is 129 cm³/mol. The average Bonchev–Trinajstić information content (AvgIpc) is 3.59. The molecule has 1 aliphatic rings. The number of ether oxygens (including phenoxy) is 2. The van der Waals surface area contributed by atoms with Crippen molar-refractivity contribution in [3.8, 4) is 0 Å². The van der Waals surface area contributed by atoms with Crippen molar-refractivity contribution < 1.29 is 22.7 Å². The fraction of sp³-hybridized carbons (Fsp3) is 0.417. The van der Waals surface area contributed by atoms with Crippen LogP contribution in [-0.2, 0) is 38.2 Å². The Morgan fingerprint density at radius 3 is 2.76 bits per heavy atom. The molecule has 1 fully saturated rings. The van der Waals surface area contributed by atoms with Crippen LogP contribution in [0.25, 0.3) is 0 Å². The summed E-state index contributed by atoms with van der Waals surface area (Å²) < 4.78 is 39.2. The van der Waals surface area contributed by atoms with E-state index in [1.54, 1.807) is 41.0 Å². The van der Waals surface area contributed by atoms with E-state index in [9.17, 15) is 13.2 Å². The van der Waals surface area contributed by atoms with Crippen LogP contribution in [0.15, 0.2) is 59.2 Å². The van der Waals surface area contributed by atoms with Gasteiger partial charge in [0.25, 0.3) is 5.91 Å². The molecule has 1 saturated heterocycles. The van der Waals surface area contributed by atoms with Gasteiger partial charge in [-0.05, 0) is 29.9 Å². The first-order valence-electron chi connectivity index (χ1n) is 11.2. The van der Waals surface area contributed by atoms with Gasteiger partial charge in [0.15, 0.2) is 0 Å². The first-order valence-corrected chi connectivity index (χ1v) is 13.8. The molecule has 8 nitrogen and oxygen atoms in total. The van der Waals surface area contributed by atoms with E-state index in [1.807, 2.05) is 29.6 Å². The van der Waals surface area contributed by atoms with Crippen molar-refractivity contribution in [2.24, 2.45) is 0 Å². The van der Waals surface area contributed by atoms with Crippen molar-refractivity contribution in [2.45, 2.75) is 42.9 Å². The Kier molecular flexibility index (Phi) is 8.15. The third-order valence-corrected chi connectivity index (χ3v) is 8.17. The Labute approximate surface area is 204 Å². The van der Waals surface area contributed by atoms with E-state index < -0.39 is 9.84 Å². The highest BCUT2D eigenvalue weighted by Crippen LogP contribution is 2.22. The second-order valence-electron chi connectivity index (χ2n) is 8.22. The number of rotatable bonds is 11. The molecule has 0 aliphatic carbocycles. The van der Waals surface area contributed by atoms with E-state index in [0.29, 0.717) is 42.4 Å². The summed E-state index contributed by atoms with van der Waals surface area (Å²) in [5, 5.41) is 1.86. The molecule has 1 aliphatic heterocycles. The van der Waals surface area contributed by atoms with Gasteiger partial charge in [-0.15, -0.1) is 11.3 Å². The smallest absolute Gasteiger partial charge is 0.264 e. The number of thiophene rings is 1. The molecule has 182 valence electrons. The summed E-state index contributed by atoms with van der Waals surface area (Å²) >= 11 is 1.39. The number of carbonyl (C=O) groups excluding carboxylic acids is 1. The van der Waals surface area contributed by atoms with Crippen molar-refractivity contribution in [3.05, 3.63) is 70.2 Å². The van der Waals surface area contributed by atoms with E-state index in [0.717, 1.165) is 12.8 Å². The zero-order valence-corrected chi connectivity index (χ0v) is 20.8. The van der Waals surface area contributed by atoms with E-state index >= 15 is 0 Å². The van der Waals surface area contributed by atoms with Crippen LogP contribution in [-0.4, -0.2) is 61.7 Å². The summed E-state index contributed by atoms with van der Waals surface area (Å²) in [5.74, 6) is -0.246. The number of hydrogen-bond donors (Lipinski definition) is 0. The quantitative estimate of drug-likeness (QED) is 0.398. The summed E-state index contributed by atoms with van der Waals surface area (Å²) in [6.45, 7) is 2.00. The molecule has 1 amide bonds. The number of nitrogens with zero attached hydrogens (tertiary/aromatic N) is 3. The molecule has 4 rings (SSSR count). The third-order valence-electron chi connectivity index (χ3n) is 5.72. The van der Waals surface area contributed by atoms with Crippen LogP contribution < -0.4 is 0 Å². The second-order valence-corrected chi connectivity index (χ2v) is 11.1. The Morgan fingerprint density at radius 2 is 2.09 bits per heavy atom. The van der Waals surface area contributed by atoms with E-state index in [4.69, 9.17) is 9.47 Å². The minimum atomic E-state index is -3.70. The van der Waals surface area contributed by atoms with Gasteiger partial charge in [0, 0.05) is 26.8 Å². The lowest BCUT2D eigenvalue weighted by atomic mass is 10.2. The van der Waals surface area contributed by atoms with Crippen molar-refractivity contribution in [3.63, 3.8) is 0 Å². The van der Waals surface area contributed by atoms with Crippen LogP contribution in [0.3, 0.4) is 0 Å². The molecule has 2 aromatic heterocycles. The van der Waals surface area contributed by atoms with E-state index in [1.165, 1.54) is 11.3 Å². The fourth-order valence-electron chi connectivity index (χ4n) is 4.05. The number of hydrogen-bond acceptors (Lipinski definition) is 7. The number of sulfone groups is 1. The number of carbonyl (C=O) groups is 1. The molecule has 0 radical (unpaired) electrons. The topological polar surface area (TPSA) is 90.7 Å². The molecule has 1 atom stereocenters. The van der Waals surface area contributed by atoms with E-state index in [2.05, 4.69) is 4.98 Å². The maximum Gasteiger partial charge on any atom is 0.264 e. The first-order chi connectivity index (χ1) is 16.5. The Bertz CT molecular complexity index is 1170. The molecule has 0 spiro atoms. The summed E-state index contributed by atoms with van der Waals surface area (Å²) in [6.07, 6.45) is 3.39. The molecule has 3 aromatic rings. The molecule has 0 saturated carbocycles. The number of aromatic nitrogens is 2. The first kappa shape index (κ1) is 24.6. The number of imidazole rings is 1. The van der Waals surface area contributed by atoms with Gasteiger partial charge in [0.05, 0.1) is 41.8 Å². The molecule has 1 aromatic carbocycles. The zero-order chi connectivity index (χ0) is 24.0. The molecular weight excluding hydrogens is 474 g/mol. The molecule has 3 heterocycles. The van der Waals surface area contributed by atoms with Gasteiger partial charge in [0.1, 0.15) is 0 Å². The van der Waals surface area contributed by atoms with Crippen molar-refractivity contribution in [2.75, 3.05) is 26.9 Å². The van der Waals surface area contributed by atoms with Crippen LogP contribution >= 0.6 is 11.3 Å². The largest absolute Gasteiger partial charge is 0.383 e. The average molecular weight is 504 g/mol. The van der Waals surface area contributed by atoms with Gasteiger partial charge < -0.3 is 18.9 Å². The molecule has 0 N–H and O–H groups in total. The minimum Gasteiger partial charge on any atom is -0.383 e. The highest BCUT2D eigenvalue weighted by molar-refractivity contribution is 7.90. The van der Waals surface area contributed by atoms with Crippen LogP contribution in [0.4, 0.5) is 0 Å². The van der Waals surface area contributed by atoms with Gasteiger partial charge >= 0.3 is 0 Å². The Balaban J connectivity index is 1.63. The highest BCUT2D eigenvalue weighted by atomic mass is 32.2. The molecule has 0 unspecified atom stereocenters. The number of methoxy groups -OCH3 is 1. The molecule has 0 bridgehead atoms. The fourth-order valence-corrected chi connectivity index (χ4v) is 6.26. The lowest BCUT2D eigenvalue weighted by molar-refractivity contribution is 0.0504. The Hall–Kier alpha value is -2.53. The van der Waals surface area contributed by atoms with E-state index in [-0.39, 0.29) is 29.5 Å². The zero-order valence-electron chi connectivity index (χ0n) is 19.1. The molecular formula is C24H29N3O5S2. The molecule has 10 heteroatoms. The lowest BCUT2D eigenvalue weighted by Crippen LogP contribution is -2.37. The van der Waals surface area contributed by atoms with Gasteiger partial charge in [-0.25, -0.2) is 13.4 Å². The standard InChI is InChI=1S/C24H29N3O5S2/c1-31-13-11-27-20(15-25-24(27)34(29,30)18-19-7-3-2-4-8-19)16-26(17-21-9-5-12-32-21)23(28)22-10-6-14-33-22/h2-4,6-8,10,14-15,21H,5,9,11-13,16-18H2,1H3/t21-/m1/s1. The monoisotopic (exact) mass is 503 g/mol. The maximum atomic E-state index is 13.3. The molecule has 34 heavy (non-hydrogen) atoms. The second kappa shape index (κ2) is 11.3. The van der Waals surface area contributed by atoms with Gasteiger partial charge in [-0.1, -0.05) is 36.4 Å². The Morgan fingerprint density at radius 1 is 1.26 bits per heavy atom. The van der Waals surface area contributed by atoms with Crippen LogP contribution in [0.5, 0.6) is 0 Å². The van der Waals surface area contributed by atoms with Crippen LogP contribution in [0.2, 0.25) is 0 Å². The normalized spacial score (nSPS) is 16.1. The number of benzene rings is 1. The van der Waals surface area contributed by atoms with Gasteiger partial charge in [0.2, 0.25) is 15.0 Å². The summed E-state index contributed by atoms with van der Waals surface area (Å²) in [5.41, 5.74) is 1.34. The van der Waals surface area contributed by atoms with Gasteiger partial charge in [-0.2, -0.15) is 0 Å². The third kappa shape index (κ3) is 5.93. The lowest BCUT2D eigenvalue weighted by Gasteiger charge is -2.25. The maximum absolute atomic E-state index is 13.3. The van der Waals surface area contributed by atoms with Crippen molar-refractivity contribution in [1.29, 1.82) is 0 Å². The van der Waals surface area contributed by atoms with Crippen molar-refractivity contribution >= 4 is 27.1 Å².